The number of nitrogens with zero attached hydrogens (tertiary/aromatic N) is 1. The zero-order valence-corrected chi connectivity index (χ0v) is 12.1. The molecule has 106 valence electrons. The van der Waals surface area contributed by atoms with Gasteiger partial charge >= 0.3 is 0 Å². The number of hydrogen-bond donors (Lipinski definition) is 2. The lowest BCUT2D eigenvalue weighted by Crippen LogP contribution is -2.35. The summed E-state index contributed by atoms with van der Waals surface area (Å²) in [5, 5.41) is 15.4. The molecule has 0 radical (unpaired) electrons. The first kappa shape index (κ1) is 13.2. The van der Waals surface area contributed by atoms with Gasteiger partial charge in [-0.2, -0.15) is 0 Å². The lowest BCUT2D eigenvalue weighted by atomic mass is 9.78. The van der Waals surface area contributed by atoms with Crippen LogP contribution in [0, 0.1) is 11.8 Å². The van der Waals surface area contributed by atoms with E-state index in [1.54, 1.807) is 12.1 Å². The Kier molecular flexibility index (Phi) is 3.51. The monoisotopic (exact) mass is 270 g/mol. The second kappa shape index (κ2) is 5.31. The number of hydrogen-bond acceptors (Lipinski definition) is 3. The average molecular weight is 270 g/mol. The van der Waals surface area contributed by atoms with Crippen LogP contribution in [-0.4, -0.2) is 16.1 Å². The number of phenolic OH excluding ortho intramolecular Hbond substituents is 1. The van der Waals surface area contributed by atoms with Gasteiger partial charge in [-0.05, 0) is 41.8 Å². The van der Waals surface area contributed by atoms with Crippen molar-refractivity contribution >= 4 is 16.6 Å². The lowest BCUT2D eigenvalue weighted by Gasteiger charge is -2.35. The van der Waals surface area contributed by atoms with E-state index < -0.39 is 0 Å². The van der Waals surface area contributed by atoms with Gasteiger partial charge in [0, 0.05) is 17.6 Å². The minimum atomic E-state index is 0.290. The van der Waals surface area contributed by atoms with Crippen molar-refractivity contribution in [3.8, 4) is 5.75 Å². The highest BCUT2D eigenvalue weighted by Crippen LogP contribution is 2.33. The third-order valence-corrected chi connectivity index (χ3v) is 4.78. The Balaban J connectivity index is 1.92. The molecule has 1 aromatic carbocycles. The molecular formula is C17H22N2O. The number of fused-ring (bicyclic) bond motifs is 1. The molecule has 2 aromatic rings. The van der Waals surface area contributed by atoms with E-state index in [0.717, 1.165) is 22.5 Å². The van der Waals surface area contributed by atoms with Crippen LogP contribution in [0.25, 0.3) is 10.8 Å². The van der Waals surface area contributed by atoms with E-state index in [1.807, 2.05) is 18.3 Å². The molecule has 3 atom stereocenters. The molecule has 3 rings (SSSR count). The Morgan fingerprint density at radius 3 is 2.90 bits per heavy atom. The van der Waals surface area contributed by atoms with Gasteiger partial charge < -0.3 is 10.4 Å². The fourth-order valence-electron chi connectivity index (χ4n) is 3.23. The summed E-state index contributed by atoms with van der Waals surface area (Å²) in [6.45, 7) is 4.66. The van der Waals surface area contributed by atoms with Gasteiger partial charge in [0.05, 0.1) is 0 Å². The topological polar surface area (TPSA) is 45.2 Å². The third kappa shape index (κ3) is 2.45. The molecule has 0 saturated heterocycles. The maximum Gasteiger partial charge on any atom is 0.134 e. The molecule has 3 nitrogen and oxygen atoms in total. The fraction of sp³-hybridized carbons (Fsp3) is 0.471. The third-order valence-electron chi connectivity index (χ3n) is 4.78. The molecule has 0 bridgehead atoms. The van der Waals surface area contributed by atoms with Gasteiger partial charge in [0.15, 0.2) is 0 Å². The molecule has 1 fully saturated rings. The zero-order valence-electron chi connectivity index (χ0n) is 12.1. The molecule has 20 heavy (non-hydrogen) atoms. The van der Waals surface area contributed by atoms with Crippen LogP contribution < -0.4 is 5.32 Å². The normalized spacial score (nSPS) is 26.6. The summed E-state index contributed by atoms with van der Waals surface area (Å²) in [6.07, 6.45) is 5.63. The Morgan fingerprint density at radius 1 is 1.20 bits per heavy atom. The van der Waals surface area contributed by atoms with Crippen molar-refractivity contribution in [2.75, 3.05) is 5.32 Å². The number of pyridine rings is 1. The fourth-order valence-corrected chi connectivity index (χ4v) is 3.23. The van der Waals surface area contributed by atoms with E-state index in [-0.39, 0.29) is 0 Å². The predicted molar refractivity (Wildman–Crippen MR) is 83.0 cm³/mol. The number of anilines is 1. The Morgan fingerprint density at radius 2 is 2.05 bits per heavy atom. The summed E-state index contributed by atoms with van der Waals surface area (Å²) >= 11 is 0. The van der Waals surface area contributed by atoms with E-state index >= 15 is 0 Å². The van der Waals surface area contributed by atoms with Crippen LogP contribution in [0.4, 0.5) is 5.82 Å². The highest BCUT2D eigenvalue weighted by molar-refractivity contribution is 5.92. The number of nitrogens with one attached hydrogen (secondary N) is 1. The molecule has 0 amide bonds. The lowest BCUT2D eigenvalue weighted by molar-refractivity contribution is 0.253. The van der Waals surface area contributed by atoms with Crippen molar-refractivity contribution in [2.24, 2.45) is 11.8 Å². The van der Waals surface area contributed by atoms with Crippen molar-refractivity contribution in [3.63, 3.8) is 0 Å². The first-order chi connectivity index (χ1) is 9.65. The maximum absolute atomic E-state index is 9.70. The van der Waals surface area contributed by atoms with Crippen molar-refractivity contribution in [1.29, 1.82) is 0 Å². The van der Waals surface area contributed by atoms with Crippen LogP contribution in [0.2, 0.25) is 0 Å². The number of rotatable bonds is 2. The Hall–Kier alpha value is -1.77. The van der Waals surface area contributed by atoms with E-state index in [1.165, 1.54) is 19.3 Å². The SMILES string of the molecule is CC1CCCC(Nc2nccc3ccc(O)cc23)C1C. The van der Waals surface area contributed by atoms with Gasteiger partial charge in [-0.25, -0.2) is 4.98 Å². The first-order valence-corrected chi connectivity index (χ1v) is 7.49. The van der Waals surface area contributed by atoms with Crippen LogP contribution in [0.3, 0.4) is 0 Å². The highest BCUT2D eigenvalue weighted by Gasteiger charge is 2.27. The van der Waals surface area contributed by atoms with Gasteiger partial charge in [0.1, 0.15) is 11.6 Å². The summed E-state index contributed by atoms with van der Waals surface area (Å²) in [7, 11) is 0. The standard InChI is InChI=1S/C17H22N2O/c1-11-4-3-5-16(12(11)2)19-17-15-10-14(20)7-6-13(15)8-9-18-17/h6-12,16,20H,3-5H2,1-2H3,(H,18,19). The summed E-state index contributed by atoms with van der Waals surface area (Å²) in [6, 6.07) is 7.90. The molecule has 1 aromatic heterocycles. The van der Waals surface area contributed by atoms with Crippen LogP contribution >= 0.6 is 0 Å². The van der Waals surface area contributed by atoms with Gasteiger partial charge in [-0.15, -0.1) is 0 Å². The van der Waals surface area contributed by atoms with Gasteiger partial charge in [-0.1, -0.05) is 32.8 Å². The largest absolute Gasteiger partial charge is 0.508 e. The molecule has 3 heteroatoms. The van der Waals surface area contributed by atoms with E-state index in [0.29, 0.717) is 17.7 Å². The molecule has 1 aliphatic carbocycles. The van der Waals surface area contributed by atoms with Crippen molar-refractivity contribution in [2.45, 2.75) is 39.2 Å². The number of aromatic nitrogens is 1. The van der Waals surface area contributed by atoms with E-state index in [4.69, 9.17) is 0 Å². The van der Waals surface area contributed by atoms with Crippen LogP contribution in [-0.2, 0) is 0 Å². The molecule has 1 aliphatic rings. The molecule has 1 saturated carbocycles. The van der Waals surface area contributed by atoms with Gasteiger partial charge in [0.25, 0.3) is 0 Å². The second-order valence-corrected chi connectivity index (χ2v) is 6.08. The summed E-state index contributed by atoms with van der Waals surface area (Å²) in [5.74, 6) is 2.59. The Bertz CT molecular complexity index is 611. The zero-order chi connectivity index (χ0) is 14.1. The smallest absolute Gasteiger partial charge is 0.134 e. The molecule has 0 aliphatic heterocycles. The van der Waals surface area contributed by atoms with Crippen LogP contribution in [0.1, 0.15) is 33.1 Å². The summed E-state index contributed by atoms with van der Waals surface area (Å²) in [4.78, 5) is 4.48. The molecular weight excluding hydrogens is 248 g/mol. The maximum atomic E-state index is 9.70. The molecule has 1 heterocycles. The van der Waals surface area contributed by atoms with Crippen molar-refractivity contribution in [1.82, 2.24) is 4.98 Å². The predicted octanol–water partition coefficient (Wildman–Crippen LogP) is 4.18. The Labute approximate surface area is 120 Å². The molecule has 2 N–H and O–H groups in total. The molecule has 0 spiro atoms. The minimum Gasteiger partial charge on any atom is -0.508 e. The van der Waals surface area contributed by atoms with Crippen LogP contribution in [0.15, 0.2) is 30.5 Å². The van der Waals surface area contributed by atoms with E-state index in [2.05, 4.69) is 24.1 Å². The van der Waals surface area contributed by atoms with Gasteiger partial charge in [-0.3, -0.25) is 0 Å². The van der Waals surface area contributed by atoms with Crippen molar-refractivity contribution < 1.29 is 5.11 Å². The second-order valence-electron chi connectivity index (χ2n) is 6.08. The van der Waals surface area contributed by atoms with Gasteiger partial charge in [0.2, 0.25) is 0 Å². The van der Waals surface area contributed by atoms with E-state index in [9.17, 15) is 5.11 Å². The molecule has 3 unspecified atom stereocenters. The quantitative estimate of drug-likeness (QED) is 0.860. The van der Waals surface area contributed by atoms with Crippen LogP contribution in [0.5, 0.6) is 5.75 Å². The average Bonchev–Trinajstić information content (AvgIpc) is 2.44. The summed E-state index contributed by atoms with van der Waals surface area (Å²) < 4.78 is 0. The highest BCUT2D eigenvalue weighted by atomic mass is 16.3. The summed E-state index contributed by atoms with van der Waals surface area (Å²) in [5.41, 5.74) is 0. The first-order valence-electron chi connectivity index (χ1n) is 7.49. The number of phenols is 1. The minimum absolute atomic E-state index is 0.290. The van der Waals surface area contributed by atoms with Crippen molar-refractivity contribution in [3.05, 3.63) is 30.5 Å². The number of aromatic hydroxyl groups is 1. The number of benzene rings is 1.